The van der Waals surface area contributed by atoms with E-state index in [1.807, 2.05) is 0 Å². The molecule has 1 rings (SSSR count). The molecule has 1 heterocycles. The molecule has 0 aliphatic carbocycles. The molecular weight excluding hydrogens is 204 g/mol. The van der Waals surface area contributed by atoms with E-state index in [1.165, 1.54) is 0 Å². The molecule has 0 saturated carbocycles. The lowest BCUT2D eigenvalue weighted by molar-refractivity contribution is -0.118. The van der Waals surface area contributed by atoms with Gasteiger partial charge >= 0.3 is 0 Å². The molecule has 1 fully saturated rings. The van der Waals surface area contributed by atoms with Gasteiger partial charge in [-0.05, 0) is 39.2 Å². The molecule has 0 radical (unpaired) electrons. The molecule has 1 aliphatic heterocycles. The van der Waals surface area contributed by atoms with Crippen molar-refractivity contribution in [3.63, 3.8) is 0 Å². The van der Waals surface area contributed by atoms with Gasteiger partial charge in [-0.15, -0.1) is 0 Å². The van der Waals surface area contributed by atoms with Gasteiger partial charge < -0.3 is 15.8 Å². The number of carbonyl (C=O) groups is 1. The first kappa shape index (κ1) is 13.5. The predicted octanol–water partition coefficient (Wildman–Crippen LogP) is 1.19. The molecule has 2 atom stereocenters. The van der Waals surface area contributed by atoms with Crippen LogP contribution < -0.4 is 11.1 Å². The van der Waals surface area contributed by atoms with Gasteiger partial charge in [-0.2, -0.15) is 0 Å². The first-order valence-electron chi connectivity index (χ1n) is 6.21. The van der Waals surface area contributed by atoms with E-state index in [2.05, 4.69) is 19.2 Å². The van der Waals surface area contributed by atoms with Crippen LogP contribution in [-0.4, -0.2) is 30.7 Å². The van der Waals surface area contributed by atoms with Crippen molar-refractivity contribution in [1.29, 1.82) is 0 Å². The van der Waals surface area contributed by atoms with E-state index in [1.54, 1.807) is 0 Å². The number of rotatable bonds is 6. The molecule has 0 aromatic rings. The van der Waals surface area contributed by atoms with Crippen LogP contribution in [0.25, 0.3) is 0 Å². The normalized spacial score (nSPS) is 30.2. The highest BCUT2D eigenvalue weighted by molar-refractivity contribution is 5.73. The first-order valence-corrected chi connectivity index (χ1v) is 6.21. The minimum absolute atomic E-state index is 0.0274. The molecule has 1 aliphatic rings. The third-order valence-corrected chi connectivity index (χ3v) is 3.38. The number of carbonyl (C=O) groups excluding carboxylic acids is 1. The number of hydrogen-bond donors (Lipinski definition) is 2. The van der Waals surface area contributed by atoms with Gasteiger partial charge in [0.25, 0.3) is 0 Å². The largest absolute Gasteiger partial charge is 0.375 e. The second-order valence-electron chi connectivity index (χ2n) is 4.87. The van der Waals surface area contributed by atoms with E-state index < -0.39 is 0 Å². The lowest BCUT2D eigenvalue weighted by Crippen LogP contribution is -2.45. The smallest absolute Gasteiger partial charge is 0.217 e. The molecular formula is C12H24N2O2. The van der Waals surface area contributed by atoms with Gasteiger partial charge in [0, 0.05) is 19.1 Å². The van der Waals surface area contributed by atoms with E-state index in [4.69, 9.17) is 10.5 Å². The molecule has 2 unspecified atom stereocenters. The van der Waals surface area contributed by atoms with Crippen LogP contribution in [0, 0.1) is 0 Å². The van der Waals surface area contributed by atoms with Gasteiger partial charge in [-0.25, -0.2) is 0 Å². The number of primary amides is 1. The molecule has 0 aromatic heterocycles. The van der Waals surface area contributed by atoms with Crippen LogP contribution in [0.1, 0.15) is 46.0 Å². The summed E-state index contributed by atoms with van der Waals surface area (Å²) in [5, 5.41) is 3.48. The summed E-state index contributed by atoms with van der Waals surface area (Å²) in [7, 11) is 0. The topological polar surface area (TPSA) is 64.3 Å². The minimum Gasteiger partial charge on any atom is -0.375 e. The summed E-state index contributed by atoms with van der Waals surface area (Å²) in [5.41, 5.74) is 5.12. The van der Waals surface area contributed by atoms with Crippen molar-refractivity contribution < 1.29 is 9.53 Å². The molecule has 4 heteroatoms. The number of nitrogens with two attached hydrogens (primary N) is 1. The molecule has 0 aromatic carbocycles. The van der Waals surface area contributed by atoms with E-state index in [0.29, 0.717) is 12.5 Å². The highest BCUT2D eigenvalue weighted by atomic mass is 16.5. The summed E-state index contributed by atoms with van der Waals surface area (Å²) >= 11 is 0. The maximum absolute atomic E-state index is 10.6. The monoisotopic (exact) mass is 228 g/mol. The Morgan fingerprint density at radius 2 is 2.38 bits per heavy atom. The lowest BCUT2D eigenvalue weighted by atomic mass is 9.90. The van der Waals surface area contributed by atoms with Crippen LogP contribution in [0.5, 0.6) is 0 Å². The second kappa shape index (κ2) is 6.21. The first-order chi connectivity index (χ1) is 7.56. The number of ether oxygens (including phenoxy) is 1. The van der Waals surface area contributed by atoms with Crippen LogP contribution >= 0.6 is 0 Å². The van der Waals surface area contributed by atoms with Gasteiger partial charge in [0.15, 0.2) is 0 Å². The minimum atomic E-state index is -0.216. The van der Waals surface area contributed by atoms with Crippen LogP contribution in [0.2, 0.25) is 0 Å². The molecule has 4 nitrogen and oxygen atoms in total. The van der Waals surface area contributed by atoms with E-state index >= 15 is 0 Å². The van der Waals surface area contributed by atoms with Crippen molar-refractivity contribution >= 4 is 5.91 Å². The Hall–Kier alpha value is -0.610. The van der Waals surface area contributed by atoms with Crippen molar-refractivity contribution in [1.82, 2.24) is 5.32 Å². The van der Waals surface area contributed by atoms with E-state index in [9.17, 15) is 4.79 Å². The molecule has 0 bridgehead atoms. The Balaban J connectivity index is 2.19. The maximum Gasteiger partial charge on any atom is 0.217 e. The van der Waals surface area contributed by atoms with Crippen LogP contribution in [-0.2, 0) is 9.53 Å². The Labute approximate surface area is 97.9 Å². The number of amides is 1. The zero-order valence-electron chi connectivity index (χ0n) is 10.4. The summed E-state index contributed by atoms with van der Waals surface area (Å²) < 4.78 is 5.78. The van der Waals surface area contributed by atoms with E-state index in [0.717, 1.165) is 38.8 Å². The summed E-state index contributed by atoms with van der Waals surface area (Å²) in [6, 6.07) is 0.520. The van der Waals surface area contributed by atoms with Gasteiger partial charge in [-0.1, -0.05) is 6.92 Å². The van der Waals surface area contributed by atoms with Crippen LogP contribution in [0.4, 0.5) is 0 Å². The summed E-state index contributed by atoms with van der Waals surface area (Å²) in [4.78, 5) is 10.6. The number of nitrogens with one attached hydrogen (secondary N) is 1. The van der Waals surface area contributed by atoms with Crippen LogP contribution in [0.15, 0.2) is 0 Å². The lowest BCUT2D eigenvalue weighted by Gasteiger charge is -2.38. The zero-order chi connectivity index (χ0) is 12.0. The fourth-order valence-electron chi connectivity index (χ4n) is 2.12. The highest BCUT2D eigenvalue weighted by Gasteiger charge is 2.31. The summed E-state index contributed by atoms with van der Waals surface area (Å²) in [6.45, 7) is 6.03. The fraction of sp³-hybridized carbons (Fsp3) is 0.917. The van der Waals surface area contributed by atoms with Gasteiger partial charge in [-0.3, -0.25) is 4.79 Å². The summed E-state index contributed by atoms with van der Waals surface area (Å²) in [6.07, 6.45) is 4.47. The fourth-order valence-corrected chi connectivity index (χ4v) is 2.12. The average molecular weight is 228 g/mol. The van der Waals surface area contributed by atoms with Crippen LogP contribution in [0.3, 0.4) is 0 Å². The van der Waals surface area contributed by atoms with Crippen molar-refractivity contribution in [2.24, 2.45) is 5.73 Å². The highest BCUT2D eigenvalue weighted by Crippen LogP contribution is 2.27. The third kappa shape index (κ3) is 4.49. The molecule has 1 amide bonds. The quantitative estimate of drug-likeness (QED) is 0.671. The molecule has 16 heavy (non-hydrogen) atoms. The molecule has 3 N–H and O–H groups in total. The van der Waals surface area contributed by atoms with Crippen molar-refractivity contribution in [2.75, 3.05) is 13.2 Å². The molecule has 94 valence electrons. The average Bonchev–Trinajstić information content (AvgIpc) is 2.24. The standard InChI is InChI=1S/C12H24N2O2/c1-3-12(2)9-10(6-8-16-12)14-7-4-5-11(13)15/h10,14H,3-9H2,1-2H3,(H2,13,15). The summed E-state index contributed by atoms with van der Waals surface area (Å²) in [5.74, 6) is -0.216. The molecule has 1 saturated heterocycles. The van der Waals surface area contributed by atoms with Gasteiger partial charge in [0.05, 0.1) is 5.60 Å². The number of hydrogen-bond acceptors (Lipinski definition) is 3. The van der Waals surface area contributed by atoms with Gasteiger partial charge in [0.2, 0.25) is 5.91 Å². The van der Waals surface area contributed by atoms with Crippen molar-refractivity contribution in [3.8, 4) is 0 Å². The second-order valence-corrected chi connectivity index (χ2v) is 4.87. The Bertz CT molecular complexity index is 233. The van der Waals surface area contributed by atoms with E-state index in [-0.39, 0.29) is 11.5 Å². The SMILES string of the molecule is CCC1(C)CC(NCCCC(N)=O)CCO1. The van der Waals surface area contributed by atoms with Crippen molar-refractivity contribution in [2.45, 2.75) is 57.6 Å². The van der Waals surface area contributed by atoms with Crippen molar-refractivity contribution in [3.05, 3.63) is 0 Å². The van der Waals surface area contributed by atoms with Gasteiger partial charge in [0.1, 0.15) is 0 Å². The predicted molar refractivity (Wildman–Crippen MR) is 64.1 cm³/mol. The molecule has 0 spiro atoms. The Kier molecular flexibility index (Phi) is 5.22. The zero-order valence-corrected chi connectivity index (χ0v) is 10.4. The Morgan fingerprint density at radius 3 is 3.00 bits per heavy atom. The maximum atomic E-state index is 10.6. The third-order valence-electron chi connectivity index (χ3n) is 3.38. The Morgan fingerprint density at radius 1 is 1.62 bits per heavy atom.